The van der Waals surface area contributed by atoms with Crippen LogP contribution in [0.4, 0.5) is 13.2 Å². The highest BCUT2D eigenvalue weighted by Gasteiger charge is 2.35. The molecule has 0 aromatic heterocycles. The van der Waals surface area contributed by atoms with Gasteiger partial charge in [0.15, 0.2) is 6.29 Å². The van der Waals surface area contributed by atoms with Crippen molar-refractivity contribution in [3.63, 3.8) is 0 Å². The van der Waals surface area contributed by atoms with Crippen LogP contribution in [0.2, 0.25) is 0 Å². The number of aldehydes is 1. The summed E-state index contributed by atoms with van der Waals surface area (Å²) in [6.07, 6.45) is -4.60. The van der Waals surface area contributed by atoms with E-state index in [4.69, 9.17) is 11.6 Å². The molecule has 15 heavy (non-hydrogen) atoms. The molecule has 0 radical (unpaired) electrons. The molecule has 0 spiro atoms. The summed E-state index contributed by atoms with van der Waals surface area (Å²) in [5, 5.41) is -1.40. The summed E-state index contributed by atoms with van der Waals surface area (Å²) in [5.74, 6) is 0. The molecule has 0 saturated heterocycles. The normalized spacial score (nSPS) is 13.3. The monoisotopic (exact) mass is 234 g/mol. The Morgan fingerprint density at radius 3 is 2.13 bits per heavy atom. The predicted molar refractivity (Wildman–Crippen MR) is 51.3 cm³/mol. The quantitative estimate of drug-likeness (QED) is 0.566. The van der Waals surface area contributed by atoms with Crippen molar-refractivity contribution in [2.75, 3.05) is 0 Å². The Hall–Kier alpha value is -1.29. The zero-order valence-corrected chi connectivity index (χ0v) is 8.14. The predicted octanol–water partition coefficient (Wildman–Crippen LogP) is 3.40. The standard InChI is InChI=1S/C10H6ClF3O/c11-9(10(12,13)14)8(6-15)7-4-2-1-3-5-7/h1-6H/b9-8+. The minimum absolute atomic E-state index is 0.102. The number of rotatable bonds is 2. The molecule has 0 aliphatic rings. The van der Waals surface area contributed by atoms with Crippen LogP contribution in [0.1, 0.15) is 5.56 Å². The van der Waals surface area contributed by atoms with E-state index in [9.17, 15) is 18.0 Å². The lowest BCUT2D eigenvalue weighted by Gasteiger charge is -2.08. The van der Waals surface area contributed by atoms with Crippen molar-refractivity contribution in [1.82, 2.24) is 0 Å². The number of carbonyl (C=O) groups is 1. The summed E-state index contributed by atoms with van der Waals surface area (Å²) in [4.78, 5) is 10.6. The number of hydrogen-bond donors (Lipinski definition) is 0. The van der Waals surface area contributed by atoms with Gasteiger partial charge in [0, 0.05) is 5.57 Å². The Balaban J connectivity index is 3.26. The highest BCUT2D eigenvalue weighted by molar-refractivity contribution is 6.37. The summed E-state index contributed by atoms with van der Waals surface area (Å²) in [7, 11) is 0. The van der Waals surface area contributed by atoms with E-state index in [1.54, 1.807) is 6.07 Å². The zero-order valence-electron chi connectivity index (χ0n) is 7.38. The lowest BCUT2D eigenvalue weighted by atomic mass is 10.1. The fourth-order valence-electron chi connectivity index (χ4n) is 1.02. The second kappa shape index (κ2) is 4.49. The topological polar surface area (TPSA) is 17.1 Å². The van der Waals surface area contributed by atoms with E-state index in [-0.39, 0.29) is 11.8 Å². The smallest absolute Gasteiger partial charge is 0.298 e. The highest BCUT2D eigenvalue weighted by Crippen LogP contribution is 2.34. The van der Waals surface area contributed by atoms with Crippen LogP contribution in [0.5, 0.6) is 0 Å². The Morgan fingerprint density at radius 2 is 1.73 bits per heavy atom. The van der Waals surface area contributed by atoms with Crippen molar-refractivity contribution >= 4 is 23.5 Å². The van der Waals surface area contributed by atoms with Gasteiger partial charge in [-0.2, -0.15) is 13.2 Å². The molecule has 0 amide bonds. The number of alkyl halides is 3. The van der Waals surface area contributed by atoms with Crippen LogP contribution in [-0.4, -0.2) is 12.5 Å². The van der Waals surface area contributed by atoms with E-state index in [1.165, 1.54) is 24.3 Å². The van der Waals surface area contributed by atoms with Gasteiger partial charge in [-0.3, -0.25) is 4.79 Å². The van der Waals surface area contributed by atoms with Crippen molar-refractivity contribution in [3.05, 3.63) is 40.9 Å². The third-order valence-electron chi connectivity index (χ3n) is 1.69. The maximum Gasteiger partial charge on any atom is 0.427 e. The molecule has 0 fully saturated rings. The molecule has 0 unspecified atom stereocenters. The van der Waals surface area contributed by atoms with Crippen molar-refractivity contribution in [2.24, 2.45) is 0 Å². The van der Waals surface area contributed by atoms with Gasteiger partial charge >= 0.3 is 6.18 Å². The summed E-state index contributed by atoms with van der Waals surface area (Å²) >= 11 is 5.08. The maximum atomic E-state index is 12.2. The minimum Gasteiger partial charge on any atom is -0.298 e. The van der Waals surface area contributed by atoms with Gasteiger partial charge in [0.2, 0.25) is 0 Å². The molecule has 0 saturated carbocycles. The van der Waals surface area contributed by atoms with E-state index in [0.29, 0.717) is 0 Å². The summed E-state index contributed by atoms with van der Waals surface area (Å²) in [5.41, 5.74) is -0.403. The number of benzene rings is 1. The number of carbonyl (C=O) groups excluding carboxylic acids is 1. The van der Waals surface area contributed by atoms with Gasteiger partial charge in [-0.05, 0) is 5.56 Å². The summed E-state index contributed by atoms with van der Waals surface area (Å²) in [6, 6.07) is 7.46. The number of hydrogen-bond acceptors (Lipinski definition) is 1. The first kappa shape index (κ1) is 11.8. The lowest BCUT2D eigenvalue weighted by Crippen LogP contribution is -2.10. The Bertz CT molecular complexity index is 381. The molecule has 0 atom stereocenters. The molecule has 0 aliphatic carbocycles. The third kappa shape index (κ3) is 2.83. The maximum absolute atomic E-state index is 12.2. The number of halogens is 4. The molecule has 0 N–H and O–H groups in total. The van der Waals surface area contributed by atoms with Crippen molar-refractivity contribution < 1.29 is 18.0 Å². The Morgan fingerprint density at radius 1 is 1.20 bits per heavy atom. The average Bonchev–Trinajstić information content (AvgIpc) is 2.19. The second-order valence-electron chi connectivity index (χ2n) is 2.71. The van der Waals surface area contributed by atoms with Gasteiger partial charge in [0.1, 0.15) is 5.03 Å². The molecule has 1 rings (SSSR count). The van der Waals surface area contributed by atoms with Crippen LogP contribution in [0, 0.1) is 0 Å². The molecular weight excluding hydrogens is 229 g/mol. The van der Waals surface area contributed by atoms with Crippen molar-refractivity contribution in [2.45, 2.75) is 6.18 Å². The molecule has 1 aromatic carbocycles. The van der Waals surface area contributed by atoms with E-state index in [1.807, 2.05) is 0 Å². The van der Waals surface area contributed by atoms with Crippen molar-refractivity contribution in [3.8, 4) is 0 Å². The SMILES string of the molecule is O=C/C(=C(\Cl)C(F)(F)F)c1ccccc1. The fraction of sp³-hybridized carbons (Fsp3) is 0.100. The van der Waals surface area contributed by atoms with Gasteiger partial charge in [0.05, 0.1) is 0 Å². The molecule has 1 nitrogen and oxygen atoms in total. The molecule has 0 aliphatic heterocycles. The summed E-state index contributed by atoms with van der Waals surface area (Å²) < 4.78 is 36.7. The first-order chi connectivity index (χ1) is 6.96. The fourth-order valence-corrected chi connectivity index (χ4v) is 1.17. The molecule has 5 heteroatoms. The largest absolute Gasteiger partial charge is 0.427 e. The molecule has 80 valence electrons. The number of allylic oxidation sites excluding steroid dienone is 2. The summed E-state index contributed by atoms with van der Waals surface area (Å²) in [6.45, 7) is 0. The molecule has 0 bridgehead atoms. The lowest BCUT2D eigenvalue weighted by molar-refractivity contribution is -0.104. The van der Waals surface area contributed by atoms with Crippen LogP contribution >= 0.6 is 11.6 Å². The first-order valence-electron chi connectivity index (χ1n) is 3.94. The van der Waals surface area contributed by atoms with Crippen LogP contribution in [0.3, 0.4) is 0 Å². The van der Waals surface area contributed by atoms with Crippen LogP contribution in [0.25, 0.3) is 5.57 Å². The Labute approximate surface area is 89.2 Å². The molecular formula is C10H6ClF3O. The van der Waals surface area contributed by atoms with Gasteiger partial charge < -0.3 is 0 Å². The van der Waals surface area contributed by atoms with Crippen LogP contribution in [-0.2, 0) is 4.79 Å². The highest BCUT2D eigenvalue weighted by atomic mass is 35.5. The van der Waals surface area contributed by atoms with Crippen LogP contribution in [0.15, 0.2) is 35.4 Å². The van der Waals surface area contributed by atoms with Gasteiger partial charge in [-0.1, -0.05) is 41.9 Å². The molecule has 1 aromatic rings. The zero-order chi connectivity index (χ0) is 11.5. The third-order valence-corrected chi connectivity index (χ3v) is 2.11. The van der Waals surface area contributed by atoms with E-state index in [0.717, 1.165) is 0 Å². The van der Waals surface area contributed by atoms with E-state index in [2.05, 4.69) is 0 Å². The van der Waals surface area contributed by atoms with E-state index >= 15 is 0 Å². The van der Waals surface area contributed by atoms with Crippen molar-refractivity contribution in [1.29, 1.82) is 0 Å². The Kier molecular flexibility index (Phi) is 3.52. The van der Waals surface area contributed by atoms with Crippen LogP contribution < -0.4 is 0 Å². The van der Waals surface area contributed by atoms with Gasteiger partial charge in [-0.25, -0.2) is 0 Å². The van der Waals surface area contributed by atoms with Gasteiger partial charge in [0.25, 0.3) is 0 Å². The van der Waals surface area contributed by atoms with E-state index < -0.39 is 16.8 Å². The van der Waals surface area contributed by atoms with Gasteiger partial charge in [-0.15, -0.1) is 0 Å². The molecule has 0 heterocycles. The second-order valence-corrected chi connectivity index (χ2v) is 3.09. The average molecular weight is 235 g/mol. The minimum atomic E-state index is -4.70. The first-order valence-corrected chi connectivity index (χ1v) is 4.32.